The first-order valence-electron chi connectivity index (χ1n) is 3.57. The summed E-state index contributed by atoms with van der Waals surface area (Å²) in [7, 11) is 0. The summed E-state index contributed by atoms with van der Waals surface area (Å²) in [6.07, 6.45) is 3.06. The van der Waals surface area contributed by atoms with E-state index in [2.05, 4.69) is 4.98 Å². The van der Waals surface area contributed by atoms with Crippen molar-refractivity contribution in [2.45, 2.75) is 13.0 Å². The van der Waals surface area contributed by atoms with Crippen molar-refractivity contribution in [3.8, 4) is 5.75 Å². The van der Waals surface area contributed by atoms with Gasteiger partial charge in [0.1, 0.15) is 11.8 Å². The smallest absolute Gasteiger partial charge is 0.328 e. The van der Waals surface area contributed by atoms with Crippen LogP contribution >= 0.6 is 0 Å². The monoisotopic (exact) mass is 166 g/mol. The lowest BCUT2D eigenvalue weighted by Gasteiger charge is -2.04. The highest BCUT2D eigenvalue weighted by molar-refractivity contribution is 5.77. The minimum Gasteiger partial charge on any atom is -0.424 e. The molecule has 1 aromatic rings. The van der Waals surface area contributed by atoms with E-state index in [0.717, 1.165) is 0 Å². The van der Waals surface area contributed by atoms with E-state index in [9.17, 15) is 4.79 Å². The van der Waals surface area contributed by atoms with Crippen molar-refractivity contribution >= 4 is 5.97 Å². The van der Waals surface area contributed by atoms with Crippen LogP contribution in [0.2, 0.25) is 0 Å². The maximum Gasteiger partial charge on any atom is 0.328 e. The molecule has 2 N–H and O–H groups in total. The quantitative estimate of drug-likeness (QED) is 0.643. The molecule has 12 heavy (non-hydrogen) atoms. The fourth-order valence-electron chi connectivity index (χ4n) is 0.617. The Morgan fingerprint density at radius 3 is 3.00 bits per heavy atom. The molecule has 0 spiro atoms. The third-order valence-electron chi connectivity index (χ3n) is 1.22. The van der Waals surface area contributed by atoms with Crippen LogP contribution in [0.15, 0.2) is 24.5 Å². The Labute approximate surface area is 70.4 Å². The molecular formula is C8H10N2O2. The van der Waals surface area contributed by atoms with E-state index < -0.39 is 12.0 Å². The van der Waals surface area contributed by atoms with Gasteiger partial charge in [0.15, 0.2) is 0 Å². The largest absolute Gasteiger partial charge is 0.424 e. The highest BCUT2D eigenvalue weighted by Crippen LogP contribution is 2.06. The Kier molecular flexibility index (Phi) is 2.76. The van der Waals surface area contributed by atoms with E-state index in [1.54, 1.807) is 25.3 Å². The van der Waals surface area contributed by atoms with Gasteiger partial charge >= 0.3 is 5.97 Å². The molecule has 0 saturated carbocycles. The predicted octanol–water partition coefficient (Wildman–Crippen LogP) is 0.334. The number of esters is 1. The normalized spacial score (nSPS) is 12.2. The molecule has 0 aliphatic carbocycles. The van der Waals surface area contributed by atoms with Crippen LogP contribution in [0.3, 0.4) is 0 Å². The molecule has 1 aromatic heterocycles. The number of pyridine rings is 1. The van der Waals surface area contributed by atoms with Crippen molar-refractivity contribution in [1.82, 2.24) is 4.98 Å². The fourth-order valence-corrected chi connectivity index (χ4v) is 0.617. The molecule has 0 fully saturated rings. The fraction of sp³-hybridized carbons (Fsp3) is 0.250. The summed E-state index contributed by atoms with van der Waals surface area (Å²) < 4.78 is 4.85. The minimum atomic E-state index is -0.606. The molecule has 0 saturated heterocycles. The van der Waals surface area contributed by atoms with Crippen molar-refractivity contribution in [2.24, 2.45) is 5.73 Å². The summed E-state index contributed by atoms with van der Waals surface area (Å²) in [4.78, 5) is 14.7. The number of hydrogen-bond donors (Lipinski definition) is 1. The molecule has 0 aromatic carbocycles. The number of hydrogen-bond acceptors (Lipinski definition) is 4. The van der Waals surface area contributed by atoms with Crippen LogP contribution in [0.5, 0.6) is 5.75 Å². The Bertz CT molecular complexity index is 259. The van der Waals surface area contributed by atoms with Crippen molar-refractivity contribution < 1.29 is 9.53 Å². The summed E-state index contributed by atoms with van der Waals surface area (Å²) in [6, 6.07) is 2.72. The molecule has 4 nitrogen and oxygen atoms in total. The highest BCUT2D eigenvalue weighted by Gasteiger charge is 2.09. The Balaban J connectivity index is 2.59. The lowest BCUT2D eigenvalue weighted by molar-refractivity contribution is -0.135. The van der Waals surface area contributed by atoms with E-state index in [4.69, 9.17) is 10.5 Å². The second-order valence-electron chi connectivity index (χ2n) is 2.40. The molecule has 0 amide bonds. The molecule has 0 radical (unpaired) electrons. The van der Waals surface area contributed by atoms with Gasteiger partial charge in [0.05, 0.1) is 6.20 Å². The minimum absolute atomic E-state index is 0.416. The first-order chi connectivity index (χ1) is 5.70. The molecule has 0 bridgehead atoms. The number of nitrogens with two attached hydrogens (primary N) is 1. The molecule has 0 aliphatic rings. The van der Waals surface area contributed by atoms with Crippen molar-refractivity contribution in [1.29, 1.82) is 0 Å². The van der Waals surface area contributed by atoms with Crippen molar-refractivity contribution in [2.75, 3.05) is 0 Å². The van der Waals surface area contributed by atoms with Crippen LogP contribution in [0.25, 0.3) is 0 Å². The van der Waals surface area contributed by atoms with E-state index in [1.165, 1.54) is 6.20 Å². The van der Waals surface area contributed by atoms with Gasteiger partial charge in [0, 0.05) is 6.20 Å². The zero-order chi connectivity index (χ0) is 8.97. The third-order valence-corrected chi connectivity index (χ3v) is 1.22. The number of aromatic nitrogens is 1. The van der Waals surface area contributed by atoms with Crippen LogP contribution in [0.4, 0.5) is 0 Å². The van der Waals surface area contributed by atoms with Crippen LogP contribution in [-0.2, 0) is 4.79 Å². The second-order valence-corrected chi connectivity index (χ2v) is 2.40. The molecule has 1 atom stereocenters. The lowest BCUT2D eigenvalue weighted by Crippen LogP contribution is -2.30. The van der Waals surface area contributed by atoms with Gasteiger partial charge in [-0.1, -0.05) is 0 Å². The maximum atomic E-state index is 10.9. The van der Waals surface area contributed by atoms with Crippen LogP contribution in [-0.4, -0.2) is 17.0 Å². The second kappa shape index (κ2) is 3.82. The molecule has 4 heteroatoms. The van der Waals surface area contributed by atoms with Crippen LogP contribution < -0.4 is 10.5 Å². The van der Waals surface area contributed by atoms with Gasteiger partial charge in [0.2, 0.25) is 0 Å². The topological polar surface area (TPSA) is 65.2 Å². The maximum absolute atomic E-state index is 10.9. The van der Waals surface area contributed by atoms with Gasteiger partial charge in [-0.2, -0.15) is 0 Å². The molecule has 1 heterocycles. The number of rotatable bonds is 2. The van der Waals surface area contributed by atoms with Crippen molar-refractivity contribution in [3.05, 3.63) is 24.5 Å². The number of nitrogens with zero attached hydrogens (tertiary/aromatic N) is 1. The molecular weight excluding hydrogens is 156 g/mol. The summed E-state index contributed by atoms with van der Waals surface area (Å²) in [5.74, 6) is -0.0391. The van der Waals surface area contributed by atoms with E-state index in [1.807, 2.05) is 0 Å². The van der Waals surface area contributed by atoms with Crippen molar-refractivity contribution in [3.63, 3.8) is 0 Å². The molecule has 1 rings (SSSR count). The SMILES string of the molecule is C[C@H](N)C(=O)Oc1cccnc1. The van der Waals surface area contributed by atoms with E-state index in [-0.39, 0.29) is 0 Å². The number of carbonyl (C=O) groups is 1. The third kappa shape index (κ3) is 2.32. The first-order valence-corrected chi connectivity index (χ1v) is 3.57. The zero-order valence-corrected chi connectivity index (χ0v) is 6.73. The van der Waals surface area contributed by atoms with Gasteiger partial charge in [-0.25, -0.2) is 4.79 Å². The van der Waals surface area contributed by atoms with Gasteiger partial charge in [-0.15, -0.1) is 0 Å². The molecule has 0 unspecified atom stereocenters. The zero-order valence-electron chi connectivity index (χ0n) is 6.73. The van der Waals surface area contributed by atoms with Gasteiger partial charge in [0.25, 0.3) is 0 Å². The lowest BCUT2D eigenvalue weighted by atomic mass is 10.4. The molecule has 0 aliphatic heterocycles. The van der Waals surface area contributed by atoms with Gasteiger partial charge in [-0.05, 0) is 19.1 Å². The highest BCUT2D eigenvalue weighted by atomic mass is 16.5. The predicted molar refractivity (Wildman–Crippen MR) is 43.5 cm³/mol. The Morgan fingerprint density at radius 2 is 2.50 bits per heavy atom. The average molecular weight is 166 g/mol. The van der Waals surface area contributed by atoms with Crippen LogP contribution in [0.1, 0.15) is 6.92 Å². The summed E-state index contributed by atoms with van der Waals surface area (Å²) in [5.41, 5.74) is 5.29. The summed E-state index contributed by atoms with van der Waals surface area (Å²) in [5, 5.41) is 0. The summed E-state index contributed by atoms with van der Waals surface area (Å²) >= 11 is 0. The standard InChI is InChI=1S/C8H10N2O2/c1-6(9)8(11)12-7-3-2-4-10-5-7/h2-6H,9H2,1H3/t6-/m0/s1. The average Bonchev–Trinajstić information content (AvgIpc) is 2.06. The van der Waals surface area contributed by atoms with E-state index in [0.29, 0.717) is 5.75 Å². The number of ether oxygens (including phenoxy) is 1. The molecule has 64 valence electrons. The first kappa shape index (κ1) is 8.67. The van der Waals surface area contributed by atoms with Crippen LogP contribution in [0, 0.1) is 0 Å². The van der Waals surface area contributed by atoms with E-state index >= 15 is 0 Å². The summed E-state index contributed by atoms with van der Waals surface area (Å²) in [6.45, 7) is 1.57. The van der Waals surface area contributed by atoms with Gasteiger partial charge in [-0.3, -0.25) is 4.98 Å². The number of carbonyl (C=O) groups excluding carboxylic acids is 1. The van der Waals surface area contributed by atoms with Gasteiger partial charge < -0.3 is 10.5 Å². The Hall–Kier alpha value is -1.42. The Morgan fingerprint density at radius 1 is 1.75 bits per heavy atom.